The predicted molar refractivity (Wildman–Crippen MR) is 143 cm³/mol. The normalized spacial score (nSPS) is 11.3. The highest BCUT2D eigenvalue weighted by atomic mass is 16.5. The highest BCUT2D eigenvalue weighted by molar-refractivity contribution is 5.79. The second-order valence-corrected chi connectivity index (χ2v) is 9.13. The van der Waals surface area contributed by atoms with E-state index in [4.69, 9.17) is 4.74 Å². The lowest BCUT2D eigenvalue weighted by Gasteiger charge is -2.22. The summed E-state index contributed by atoms with van der Waals surface area (Å²) in [6, 6.07) is 26.3. The van der Waals surface area contributed by atoms with E-state index in [0.29, 0.717) is 31.7 Å². The first kappa shape index (κ1) is 24.4. The van der Waals surface area contributed by atoms with Gasteiger partial charge in [0.15, 0.2) is 5.82 Å². The van der Waals surface area contributed by atoms with Crippen LogP contribution in [0.25, 0.3) is 10.9 Å². The van der Waals surface area contributed by atoms with Gasteiger partial charge < -0.3 is 9.72 Å². The molecule has 188 valence electrons. The monoisotopic (exact) mass is 494 g/mol. The molecule has 8 nitrogen and oxygen atoms in total. The van der Waals surface area contributed by atoms with Crippen LogP contribution in [0.2, 0.25) is 0 Å². The van der Waals surface area contributed by atoms with Crippen LogP contribution in [0.1, 0.15) is 35.0 Å². The van der Waals surface area contributed by atoms with Gasteiger partial charge in [0, 0.05) is 24.2 Å². The summed E-state index contributed by atoms with van der Waals surface area (Å²) in [6.07, 6.45) is 0.946. The molecule has 0 spiro atoms. The van der Waals surface area contributed by atoms with Gasteiger partial charge in [0.2, 0.25) is 0 Å². The van der Waals surface area contributed by atoms with Gasteiger partial charge in [0.25, 0.3) is 5.56 Å². The van der Waals surface area contributed by atoms with Crippen LogP contribution in [-0.4, -0.2) is 37.2 Å². The predicted octanol–water partition coefficient (Wildman–Crippen LogP) is 4.34. The zero-order valence-electron chi connectivity index (χ0n) is 21.1. The van der Waals surface area contributed by atoms with Gasteiger partial charge in [0.1, 0.15) is 5.75 Å². The number of fused-ring (bicyclic) bond motifs is 1. The highest BCUT2D eigenvalue weighted by Crippen LogP contribution is 2.18. The van der Waals surface area contributed by atoms with Crippen molar-refractivity contribution in [2.24, 2.45) is 0 Å². The van der Waals surface area contributed by atoms with Gasteiger partial charge in [-0.15, -0.1) is 5.10 Å². The Kier molecular flexibility index (Phi) is 7.37. The Hall–Kier alpha value is -4.30. The summed E-state index contributed by atoms with van der Waals surface area (Å²) < 4.78 is 7.06. The van der Waals surface area contributed by atoms with Crippen LogP contribution < -0.4 is 10.3 Å². The maximum atomic E-state index is 13.0. The van der Waals surface area contributed by atoms with E-state index in [0.717, 1.165) is 40.0 Å². The first-order chi connectivity index (χ1) is 18.1. The summed E-state index contributed by atoms with van der Waals surface area (Å²) >= 11 is 0. The van der Waals surface area contributed by atoms with E-state index in [-0.39, 0.29) is 5.56 Å². The van der Waals surface area contributed by atoms with Crippen molar-refractivity contribution in [1.82, 2.24) is 30.1 Å². The third-order valence-electron chi connectivity index (χ3n) is 6.50. The number of aromatic nitrogens is 5. The number of hydrogen-bond acceptors (Lipinski definition) is 6. The third kappa shape index (κ3) is 5.92. The molecule has 8 heteroatoms. The van der Waals surface area contributed by atoms with Crippen molar-refractivity contribution < 1.29 is 4.74 Å². The fourth-order valence-electron chi connectivity index (χ4n) is 4.45. The van der Waals surface area contributed by atoms with Crippen molar-refractivity contribution >= 4 is 10.9 Å². The minimum atomic E-state index is -0.0763. The lowest BCUT2D eigenvalue weighted by molar-refractivity contribution is 0.236. The van der Waals surface area contributed by atoms with Gasteiger partial charge in [-0.2, -0.15) is 0 Å². The molecule has 3 aromatic carbocycles. The number of ether oxygens (including phenoxy) is 1. The molecule has 0 atom stereocenters. The van der Waals surface area contributed by atoms with Crippen molar-refractivity contribution in [3.05, 3.63) is 117 Å². The van der Waals surface area contributed by atoms with E-state index >= 15 is 0 Å². The van der Waals surface area contributed by atoms with Gasteiger partial charge >= 0.3 is 0 Å². The maximum absolute atomic E-state index is 13.0. The van der Waals surface area contributed by atoms with Crippen LogP contribution in [0, 0.1) is 0 Å². The number of aryl methyl sites for hydroxylation is 1. The van der Waals surface area contributed by atoms with Crippen LogP contribution in [-0.2, 0) is 32.6 Å². The van der Waals surface area contributed by atoms with E-state index in [1.165, 1.54) is 5.56 Å². The molecule has 37 heavy (non-hydrogen) atoms. The van der Waals surface area contributed by atoms with Gasteiger partial charge in [-0.3, -0.25) is 9.69 Å². The number of aromatic amines is 1. The molecule has 0 fully saturated rings. The SMILES string of the molecule is CCc1ccc2[nH]c(=O)c(CN(Cc3ccccc3)Cc3nnnn3Cc3ccc(OC)cc3)cc2c1. The van der Waals surface area contributed by atoms with Crippen LogP contribution in [0.4, 0.5) is 0 Å². The average molecular weight is 495 g/mol. The molecule has 0 aliphatic carbocycles. The highest BCUT2D eigenvalue weighted by Gasteiger charge is 2.16. The van der Waals surface area contributed by atoms with Crippen molar-refractivity contribution in [3.63, 3.8) is 0 Å². The van der Waals surface area contributed by atoms with E-state index < -0.39 is 0 Å². The Bertz CT molecular complexity index is 1530. The molecule has 0 aliphatic heterocycles. The molecule has 0 radical (unpaired) electrons. The zero-order chi connectivity index (χ0) is 25.6. The van der Waals surface area contributed by atoms with E-state index in [9.17, 15) is 4.79 Å². The number of rotatable bonds is 10. The fourth-order valence-corrected chi connectivity index (χ4v) is 4.45. The molecule has 5 rings (SSSR count). The van der Waals surface area contributed by atoms with E-state index in [2.05, 4.69) is 56.6 Å². The average Bonchev–Trinajstić information content (AvgIpc) is 3.36. The van der Waals surface area contributed by atoms with Crippen molar-refractivity contribution in [1.29, 1.82) is 0 Å². The Labute approximate surface area is 215 Å². The van der Waals surface area contributed by atoms with Crippen molar-refractivity contribution in [2.45, 2.75) is 39.5 Å². The molecule has 0 saturated carbocycles. The molecular formula is C29H30N6O2. The summed E-state index contributed by atoms with van der Waals surface area (Å²) in [5.74, 6) is 1.54. The van der Waals surface area contributed by atoms with Crippen LogP contribution in [0.5, 0.6) is 5.75 Å². The molecule has 0 amide bonds. The van der Waals surface area contributed by atoms with E-state index in [1.807, 2.05) is 54.6 Å². The van der Waals surface area contributed by atoms with Gasteiger partial charge in [-0.1, -0.05) is 55.5 Å². The molecule has 0 bridgehead atoms. The number of nitrogens with zero attached hydrogens (tertiary/aromatic N) is 5. The molecule has 1 N–H and O–H groups in total. The first-order valence-electron chi connectivity index (χ1n) is 12.4. The van der Waals surface area contributed by atoms with Crippen LogP contribution >= 0.6 is 0 Å². The third-order valence-corrected chi connectivity index (χ3v) is 6.50. The second kappa shape index (κ2) is 11.2. The van der Waals surface area contributed by atoms with Crippen molar-refractivity contribution in [3.8, 4) is 5.75 Å². The zero-order valence-corrected chi connectivity index (χ0v) is 21.1. The molecular weight excluding hydrogens is 464 g/mol. The topological polar surface area (TPSA) is 88.9 Å². The minimum absolute atomic E-state index is 0.0763. The number of tetrazole rings is 1. The molecule has 2 heterocycles. The Balaban J connectivity index is 1.42. The summed E-state index contributed by atoms with van der Waals surface area (Å²) in [5, 5.41) is 13.5. The number of methoxy groups -OCH3 is 1. The summed E-state index contributed by atoms with van der Waals surface area (Å²) in [7, 11) is 1.65. The molecule has 2 aromatic heterocycles. The molecule has 0 unspecified atom stereocenters. The smallest absolute Gasteiger partial charge is 0.252 e. The van der Waals surface area contributed by atoms with Gasteiger partial charge in [-0.05, 0) is 69.3 Å². The molecule has 0 saturated heterocycles. The summed E-state index contributed by atoms with van der Waals surface area (Å²) in [4.78, 5) is 18.3. The molecule has 0 aliphatic rings. The lowest BCUT2D eigenvalue weighted by Crippen LogP contribution is -2.28. The summed E-state index contributed by atoms with van der Waals surface area (Å²) in [5.41, 5.74) is 4.95. The number of hydrogen-bond donors (Lipinski definition) is 1. The molecule has 5 aromatic rings. The number of benzene rings is 3. The Morgan fingerprint density at radius 1 is 0.892 bits per heavy atom. The largest absolute Gasteiger partial charge is 0.497 e. The first-order valence-corrected chi connectivity index (χ1v) is 12.4. The maximum Gasteiger partial charge on any atom is 0.252 e. The van der Waals surface area contributed by atoms with Crippen LogP contribution in [0.15, 0.2) is 83.7 Å². The fraction of sp³-hybridized carbons (Fsp3) is 0.241. The van der Waals surface area contributed by atoms with Gasteiger partial charge in [0.05, 0.1) is 20.2 Å². The van der Waals surface area contributed by atoms with Crippen molar-refractivity contribution in [2.75, 3.05) is 7.11 Å². The van der Waals surface area contributed by atoms with Gasteiger partial charge in [-0.25, -0.2) is 4.68 Å². The summed E-state index contributed by atoms with van der Waals surface area (Å²) in [6.45, 7) is 4.28. The number of H-pyrrole nitrogens is 1. The standard InChI is InChI=1S/C29H30N6O2/c1-3-21-11-14-27-24(15-21)16-25(29(36)30-27)19-34(17-22-7-5-4-6-8-22)20-28-31-32-33-35(28)18-23-9-12-26(37-2)13-10-23/h4-16H,3,17-20H2,1-2H3,(H,30,36). The van der Waals surface area contributed by atoms with E-state index in [1.54, 1.807) is 11.8 Å². The van der Waals surface area contributed by atoms with Crippen LogP contribution in [0.3, 0.4) is 0 Å². The Morgan fingerprint density at radius 2 is 1.68 bits per heavy atom. The quantitative estimate of drug-likeness (QED) is 0.311. The second-order valence-electron chi connectivity index (χ2n) is 9.13. The lowest BCUT2D eigenvalue weighted by atomic mass is 10.1. The Morgan fingerprint density at radius 3 is 2.43 bits per heavy atom. The number of nitrogens with one attached hydrogen (secondary N) is 1. The number of pyridine rings is 1. The minimum Gasteiger partial charge on any atom is -0.497 e.